The summed E-state index contributed by atoms with van der Waals surface area (Å²) >= 11 is 0. The third-order valence-electron chi connectivity index (χ3n) is 4.15. The number of aliphatic hydroxyl groups is 1. The van der Waals surface area contributed by atoms with E-state index in [1.165, 1.54) is 0 Å². The van der Waals surface area contributed by atoms with Crippen molar-refractivity contribution in [2.24, 2.45) is 0 Å². The predicted octanol–water partition coefficient (Wildman–Crippen LogP) is 1.23. The van der Waals surface area contributed by atoms with Crippen LogP contribution in [0.5, 0.6) is 5.75 Å². The summed E-state index contributed by atoms with van der Waals surface area (Å²) in [6.07, 6.45) is 2.94. The molecule has 1 aliphatic rings. The van der Waals surface area contributed by atoms with Crippen molar-refractivity contribution in [2.75, 3.05) is 13.7 Å². The Hall–Kier alpha value is -1.92. The molecule has 0 spiro atoms. The molecule has 0 saturated heterocycles. The van der Waals surface area contributed by atoms with Crippen LogP contribution in [0.15, 0.2) is 24.5 Å². The van der Waals surface area contributed by atoms with Gasteiger partial charge in [-0.15, -0.1) is 0 Å². The Kier molecular flexibility index (Phi) is 4.40. The summed E-state index contributed by atoms with van der Waals surface area (Å²) in [5, 5.41) is 18.1. The summed E-state index contributed by atoms with van der Waals surface area (Å²) in [5.41, 5.74) is 1.94. The number of hydrogen-bond donors (Lipinski definition) is 2. The molecule has 0 unspecified atom stereocenters. The van der Waals surface area contributed by atoms with Crippen molar-refractivity contribution >= 4 is 0 Å². The smallest absolute Gasteiger partial charge is 0.138 e. The van der Waals surface area contributed by atoms with Crippen molar-refractivity contribution in [2.45, 2.75) is 38.5 Å². The van der Waals surface area contributed by atoms with Gasteiger partial charge in [-0.3, -0.25) is 0 Å². The van der Waals surface area contributed by atoms with E-state index in [2.05, 4.69) is 15.4 Å². The Labute approximate surface area is 130 Å². The largest absolute Gasteiger partial charge is 0.496 e. The molecule has 2 heterocycles. The molecule has 0 fully saturated rings. The van der Waals surface area contributed by atoms with Crippen LogP contribution in [-0.4, -0.2) is 39.6 Å². The van der Waals surface area contributed by atoms with Gasteiger partial charge in [0.15, 0.2) is 0 Å². The van der Waals surface area contributed by atoms with Gasteiger partial charge in [0.05, 0.1) is 19.8 Å². The molecule has 0 saturated carbocycles. The quantitative estimate of drug-likeness (QED) is 0.869. The van der Waals surface area contributed by atoms with Gasteiger partial charge in [-0.25, -0.2) is 9.67 Å². The average Bonchev–Trinajstić information content (AvgIpc) is 3.00. The fraction of sp³-hybridized carbons (Fsp3) is 0.500. The average molecular weight is 302 g/mol. The van der Waals surface area contributed by atoms with Gasteiger partial charge in [0, 0.05) is 24.6 Å². The van der Waals surface area contributed by atoms with E-state index in [0.717, 1.165) is 42.1 Å². The van der Waals surface area contributed by atoms with Crippen molar-refractivity contribution in [1.82, 2.24) is 20.1 Å². The van der Waals surface area contributed by atoms with E-state index in [1.54, 1.807) is 13.4 Å². The molecular weight excluding hydrogens is 280 g/mol. The lowest BCUT2D eigenvalue weighted by molar-refractivity contribution is 0.161. The molecule has 1 aromatic heterocycles. The second-order valence-corrected chi connectivity index (χ2v) is 5.76. The maximum Gasteiger partial charge on any atom is 0.138 e. The number of aromatic nitrogens is 3. The molecule has 6 heteroatoms. The van der Waals surface area contributed by atoms with Crippen molar-refractivity contribution < 1.29 is 9.84 Å². The Morgan fingerprint density at radius 2 is 2.36 bits per heavy atom. The first kappa shape index (κ1) is 15.0. The van der Waals surface area contributed by atoms with Crippen LogP contribution in [0.1, 0.15) is 29.5 Å². The Morgan fingerprint density at radius 3 is 3.18 bits per heavy atom. The number of ether oxygens (including phenoxy) is 1. The Bertz CT molecular complexity index is 641. The number of benzene rings is 1. The minimum absolute atomic E-state index is 0.305. The van der Waals surface area contributed by atoms with E-state index in [9.17, 15) is 5.11 Å². The van der Waals surface area contributed by atoms with E-state index in [1.807, 2.05) is 29.8 Å². The molecule has 22 heavy (non-hydrogen) atoms. The van der Waals surface area contributed by atoms with Crippen LogP contribution in [0.4, 0.5) is 0 Å². The maximum absolute atomic E-state index is 10.5. The molecule has 1 aromatic carbocycles. The van der Waals surface area contributed by atoms with Crippen molar-refractivity contribution in [3.63, 3.8) is 0 Å². The first-order chi connectivity index (χ1) is 10.7. The second kappa shape index (κ2) is 6.46. The molecule has 0 amide bonds. The lowest BCUT2D eigenvalue weighted by Gasteiger charge is -2.25. The monoisotopic (exact) mass is 302 g/mol. The van der Waals surface area contributed by atoms with Crippen LogP contribution < -0.4 is 10.1 Å². The number of methoxy groups -OCH3 is 1. The first-order valence-corrected chi connectivity index (χ1v) is 7.60. The lowest BCUT2D eigenvalue weighted by Crippen LogP contribution is -2.39. The molecule has 3 rings (SSSR count). The molecular formula is C16H22N4O2. The molecule has 6 nitrogen and oxygen atoms in total. The minimum Gasteiger partial charge on any atom is -0.496 e. The highest BCUT2D eigenvalue weighted by Crippen LogP contribution is 2.26. The highest BCUT2D eigenvalue weighted by Gasteiger charge is 2.21. The molecule has 0 radical (unpaired) electrons. The van der Waals surface area contributed by atoms with E-state index < -0.39 is 6.10 Å². The fourth-order valence-electron chi connectivity index (χ4n) is 2.91. The number of nitrogens with zero attached hydrogens (tertiary/aromatic N) is 3. The van der Waals surface area contributed by atoms with Gasteiger partial charge < -0.3 is 15.2 Å². The molecule has 0 bridgehead atoms. The Balaban J connectivity index is 1.61. The zero-order chi connectivity index (χ0) is 15.5. The first-order valence-electron chi connectivity index (χ1n) is 7.60. The van der Waals surface area contributed by atoms with Gasteiger partial charge >= 0.3 is 0 Å². The lowest BCUT2D eigenvalue weighted by atomic mass is 10.0. The van der Waals surface area contributed by atoms with E-state index in [0.29, 0.717) is 12.6 Å². The van der Waals surface area contributed by atoms with Crippen molar-refractivity contribution in [3.05, 3.63) is 41.5 Å². The van der Waals surface area contributed by atoms with Gasteiger partial charge in [-0.2, -0.15) is 5.10 Å². The number of nitrogens with one attached hydrogen (secondary N) is 1. The minimum atomic E-state index is -0.591. The molecule has 2 aromatic rings. The summed E-state index contributed by atoms with van der Waals surface area (Å²) in [5.74, 6) is 1.76. The number of fused-ring (bicyclic) bond motifs is 1. The standard InChI is InChI=1S/C16H22N4O2/c1-11-3-5-15(22-2)13(7-11)14(21)8-17-12-4-6-16-18-10-19-20(16)9-12/h3,5,7,10,12,14,17,21H,4,6,8-9H2,1-2H3/t12-,14+/m1/s1. The van der Waals surface area contributed by atoms with Gasteiger partial charge in [-0.05, 0) is 25.5 Å². The third-order valence-corrected chi connectivity index (χ3v) is 4.15. The number of rotatable bonds is 5. The van der Waals surface area contributed by atoms with Crippen molar-refractivity contribution in [1.29, 1.82) is 0 Å². The van der Waals surface area contributed by atoms with Crippen LogP contribution in [-0.2, 0) is 13.0 Å². The van der Waals surface area contributed by atoms with Gasteiger partial charge in [0.25, 0.3) is 0 Å². The normalized spacial score (nSPS) is 18.8. The van der Waals surface area contributed by atoms with Crippen LogP contribution in [0, 0.1) is 6.92 Å². The highest BCUT2D eigenvalue weighted by atomic mass is 16.5. The fourth-order valence-corrected chi connectivity index (χ4v) is 2.91. The number of hydrogen-bond acceptors (Lipinski definition) is 5. The van der Waals surface area contributed by atoms with Gasteiger partial charge in [-0.1, -0.05) is 11.6 Å². The molecule has 1 aliphatic heterocycles. The third kappa shape index (κ3) is 3.13. The van der Waals surface area contributed by atoms with Gasteiger partial charge in [0.1, 0.15) is 17.9 Å². The van der Waals surface area contributed by atoms with Crippen LogP contribution in [0.25, 0.3) is 0 Å². The predicted molar refractivity (Wildman–Crippen MR) is 82.8 cm³/mol. The number of aliphatic hydroxyl groups excluding tert-OH is 1. The SMILES string of the molecule is COc1ccc(C)cc1[C@@H](O)CN[C@@H]1CCc2ncnn2C1. The summed E-state index contributed by atoms with van der Waals surface area (Å²) in [6, 6.07) is 6.16. The molecule has 2 atom stereocenters. The van der Waals surface area contributed by atoms with Crippen LogP contribution >= 0.6 is 0 Å². The van der Waals surface area contributed by atoms with E-state index in [-0.39, 0.29) is 0 Å². The Morgan fingerprint density at radius 1 is 1.50 bits per heavy atom. The van der Waals surface area contributed by atoms with Crippen LogP contribution in [0.3, 0.4) is 0 Å². The zero-order valence-corrected chi connectivity index (χ0v) is 13.0. The zero-order valence-electron chi connectivity index (χ0n) is 13.0. The van der Waals surface area contributed by atoms with E-state index >= 15 is 0 Å². The summed E-state index contributed by atoms with van der Waals surface area (Å²) in [7, 11) is 1.63. The van der Waals surface area contributed by atoms with Crippen LogP contribution in [0.2, 0.25) is 0 Å². The summed E-state index contributed by atoms with van der Waals surface area (Å²) in [6.45, 7) is 3.30. The second-order valence-electron chi connectivity index (χ2n) is 5.76. The molecule has 0 aliphatic carbocycles. The summed E-state index contributed by atoms with van der Waals surface area (Å²) in [4.78, 5) is 4.22. The molecule has 2 N–H and O–H groups in total. The summed E-state index contributed by atoms with van der Waals surface area (Å²) < 4.78 is 7.27. The van der Waals surface area contributed by atoms with Crippen molar-refractivity contribution in [3.8, 4) is 5.75 Å². The number of aryl methyl sites for hydroxylation is 2. The molecule has 118 valence electrons. The van der Waals surface area contributed by atoms with Gasteiger partial charge in [0.2, 0.25) is 0 Å². The van der Waals surface area contributed by atoms with E-state index in [4.69, 9.17) is 4.74 Å². The maximum atomic E-state index is 10.5. The topological polar surface area (TPSA) is 72.2 Å². The highest BCUT2D eigenvalue weighted by molar-refractivity contribution is 5.38.